The number of carbonyl (C=O) groups excluding carboxylic acids is 2. The van der Waals surface area contributed by atoms with Crippen molar-refractivity contribution >= 4 is 17.6 Å². The molecule has 1 aromatic carbocycles. The minimum atomic E-state index is -1.52. The number of methoxy groups -OCH3 is 1. The van der Waals surface area contributed by atoms with Gasteiger partial charge >= 0.3 is 6.03 Å². The lowest BCUT2D eigenvalue weighted by Crippen LogP contribution is -2.45. The van der Waals surface area contributed by atoms with Gasteiger partial charge in [-0.3, -0.25) is 4.79 Å². The molecule has 0 radical (unpaired) electrons. The Kier molecular flexibility index (Phi) is 7.41. The third-order valence-corrected chi connectivity index (χ3v) is 6.96. The molecule has 35 heavy (non-hydrogen) atoms. The van der Waals surface area contributed by atoms with E-state index in [9.17, 15) is 14.9 Å². The quantitative estimate of drug-likeness (QED) is 0.664. The average molecular weight is 483 g/mol. The Bertz CT molecular complexity index is 1070. The van der Waals surface area contributed by atoms with Gasteiger partial charge in [0.1, 0.15) is 11.4 Å². The monoisotopic (exact) mass is 482 g/mol. The molecular weight excluding hydrogens is 451 g/mol. The lowest BCUT2D eigenvalue weighted by atomic mass is 9.78. The summed E-state index contributed by atoms with van der Waals surface area (Å²) in [6, 6.07) is 6.63. The van der Waals surface area contributed by atoms with E-state index < -0.39 is 11.7 Å². The number of allylic oxidation sites excluding steroid dienone is 4. The van der Waals surface area contributed by atoms with E-state index >= 15 is 4.39 Å². The summed E-state index contributed by atoms with van der Waals surface area (Å²) < 4.78 is 26.4. The van der Waals surface area contributed by atoms with Gasteiger partial charge in [0.2, 0.25) is 0 Å². The highest BCUT2D eigenvalue weighted by molar-refractivity contribution is 5.98. The Morgan fingerprint density at radius 1 is 1.31 bits per heavy atom. The van der Waals surface area contributed by atoms with E-state index in [1.54, 1.807) is 35.3 Å². The van der Waals surface area contributed by atoms with E-state index in [0.717, 1.165) is 6.42 Å². The van der Waals surface area contributed by atoms with Crippen LogP contribution < -0.4 is 15.4 Å². The highest BCUT2D eigenvalue weighted by Gasteiger charge is 2.40. The van der Waals surface area contributed by atoms with Gasteiger partial charge in [0.15, 0.2) is 0 Å². The van der Waals surface area contributed by atoms with Crippen LogP contribution >= 0.6 is 0 Å². The van der Waals surface area contributed by atoms with Crippen molar-refractivity contribution in [1.82, 2.24) is 10.2 Å². The molecule has 1 aliphatic carbocycles. The van der Waals surface area contributed by atoms with Crippen LogP contribution in [0.3, 0.4) is 0 Å². The van der Waals surface area contributed by atoms with Crippen molar-refractivity contribution in [3.8, 4) is 11.8 Å². The van der Waals surface area contributed by atoms with E-state index in [-0.39, 0.29) is 49.7 Å². The standard InChI is InChI=1S/C26H31FN4O4/c1-17-13-20(5-3-19(17)15-28)26(27)8-10-31(11-9-26)24(32)18-4-6-23(34-2)22(14-18)30-25(33)29-21-7-12-35-16-21/h3-6,13-14,17,19,21H,7-12,16H2,1-2H3,(H2,29,30,33). The molecule has 3 atom stereocenters. The van der Waals surface area contributed by atoms with Crippen molar-refractivity contribution in [2.45, 2.75) is 37.9 Å². The number of benzene rings is 1. The third kappa shape index (κ3) is 5.49. The number of nitrogens with zero attached hydrogens (tertiary/aromatic N) is 2. The summed E-state index contributed by atoms with van der Waals surface area (Å²) in [5, 5.41) is 14.8. The first kappa shape index (κ1) is 24.7. The van der Waals surface area contributed by atoms with Gasteiger partial charge in [-0.1, -0.05) is 25.2 Å². The molecule has 0 saturated carbocycles. The van der Waals surface area contributed by atoms with Crippen molar-refractivity contribution in [2.24, 2.45) is 11.8 Å². The van der Waals surface area contributed by atoms with E-state index in [0.29, 0.717) is 35.8 Å². The largest absolute Gasteiger partial charge is 0.495 e. The maximum atomic E-state index is 15.8. The highest BCUT2D eigenvalue weighted by Crippen LogP contribution is 2.38. The minimum Gasteiger partial charge on any atom is -0.495 e. The van der Waals surface area contributed by atoms with Crippen LogP contribution in [0.25, 0.3) is 0 Å². The lowest BCUT2D eigenvalue weighted by molar-refractivity contribution is 0.0554. The van der Waals surface area contributed by atoms with Crippen LogP contribution in [-0.2, 0) is 4.74 Å². The van der Waals surface area contributed by atoms with Crippen molar-refractivity contribution in [3.05, 3.63) is 47.6 Å². The summed E-state index contributed by atoms with van der Waals surface area (Å²) in [5.41, 5.74) is -0.154. The number of hydrogen-bond donors (Lipinski definition) is 2. The molecule has 0 bridgehead atoms. The number of ether oxygens (including phenoxy) is 2. The maximum Gasteiger partial charge on any atom is 0.319 e. The molecule has 2 N–H and O–H groups in total. The second-order valence-corrected chi connectivity index (χ2v) is 9.33. The molecule has 9 heteroatoms. The van der Waals surface area contributed by atoms with E-state index in [1.807, 2.05) is 13.0 Å². The Labute approximate surface area is 204 Å². The normalized spacial score (nSPS) is 25.4. The second kappa shape index (κ2) is 10.5. The third-order valence-electron chi connectivity index (χ3n) is 6.96. The second-order valence-electron chi connectivity index (χ2n) is 9.33. The molecule has 186 valence electrons. The van der Waals surface area contributed by atoms with Gasteiger partial charge < -0.3 is 25.0 Å². The summed E-state index contributed by atoms with van der Waals surface area (Å²) in [7, 11) is 1.49. The number of amides is 3. The first-order valence-electron chi connectivity index (χ1n) is 11.9. The highest BCUT2D eigenvalue weighted by atomic mass is 19.1. The summed E-state index contributed by atoms with van der Waals surface area (Å²) >= 11 is 0. The predicted octanol–water partition coefficient (Wildman–Crippen LogP) is 3.82. The summed E-state index contributed by atoms with van der Waals surface area (Å²) in [6.07, 6.45) is 6.45. The van der Waals surface area contributed by atoms with Gasteiger partial charge in [-0.15, -0.1) is 0 Å². The molecule has 2 saturated heterocycles. The fraction of sp³-hybridized carbons (Fsp3) is 0.500. The number of rotatable bonds is 5. The number of alkyl halides is 1. The van der Waals surface area contributed by atoms with Gasteiger partial charge in [0, 0.05) is 38.1 Å². The Balaban J connectivity index is 1.41. The zero-order valence-corrected chi connectivity index (χ0v) is 20.1. The van der Waals surface area contributed by atoms with Gasteiger partial charge in [-0.25, -0.2) is 9.18 Å². The molecule has 0 aromatic heterocycles. The Morgan fingerprint density at radius 3 is 2.71 bits per heavy atom. The Hall–Kier alpha value is -3.38. The number of anilines is 1. The van der Waals surface area contributed by atoms with E-state index in [4.69, 9.17) is 9.47 Å². The molecule has 3 aliphatic rings. The molecule has 1 aromatic rings. The molecule has 3 amide bonds. The number of nitriles is 1. The van der Waals surface area contributed by atoms with Crippen LogP contribution in [0.1, 0.15) is 36.5 Å². The molecule has 2 heterocycles. The fourth-order valence-corrected chi connectivity index (χ4v) is 4.75. The topological polar surface area (TPSA) is 104 Å². The van der Waals surface area contributed by atoms with Crippen molar-refractivity contribution in [2.75, 3.05) is 38.7 Å². The van der Waals surface area contributed by atoms with Gasteiger partial charge in [0.25, 0.3) is 5.91 Å². The zero-order valence-electron chi connectivity index (χ0n) is 20.1. The number of carbonyl (C=O) groups is 2. The van der Waals surface area contributed by atoms with E-state index in [1.165, 1.54) is 7.11 Å². The number of halogens is 1. The van der Waals surface area contributed by atoms with Gasteiger partial charge in [-0.2, -0.15) is 5.26 Å². The molecule has 2 aliphatic heterocycles. The molecule has 3 unspecified atom stereocenters. The van der Waals surface area contributed by atoms with Crippen LogP contribution in [0, 0.1) is 23.2 Å². The SMILES string of the molecule is COc1ccc(C(=O)N2CCC(F)(C3=CC(C)C(C#N)C=C3)CC2)cc1NC(=O)NC1CCOC1. The molecule has 0 spiro atoms. The zero-order chi connectivity index (χ0) is 25.0. The smallest absolute Gasteiger partial charge is 0.319 e. The summed E-state index contributed by atoms with van der Waals surface area (Å²) in [5.74, 6) is -0.0820. The van der Waals surface area contributed by atoms with E-state index in [2.05, 4.69) is 16.7 Å². The minimum absolute atomic E-state index is 0.0455. The first-order chi connectivity index (χ1) is 16.8. The molecule has 2 fully saturated rings. The molecular formula is C26H31FN4O4. The maximum absolute atomic E-state index is 15.8. The van der Waals surface area contributed by atoms with Crippen LogP contribution in [0.4, 0.5) is 14.9 Å². The molecule has 8 nitrogen and oxygen atoms in total. The van der Waals surface area contributed by atoms with Crippen molar-refractivity contribution < 1.29 is 23.5 Å². The number of nitrogens with one attached hydrogen (secondary N) is 2. The lowest BCUT2D eigenvalue weighted by Gasteiger charge is -2.38. The number of urea groups is 1. The summed E-state index contributed by atoms with van der Waals surface area (Å²) in [6.45, 7) is 3.54. The Morgan fingerprint density at radius 2 is 2.09 bits per heavy atom. The van der Waals surface area contributed by atoms with Gasteiger partial charge in [-0.05, 0) is 36.1 Å². The predicted molar refractivity (Wildman–Crippen MR) is 129 cm³/mol. The number of piperidine rings is 1. The summed E-state index contributed by atoms with van der Waals surface area (Å²) in [4.78, 5) is 27.2. The van der Waals surface area contributed by atoms with Crippen LogP contribution in [-0.4, -0.2) is 62.0 Å². The van der Waals surface area contributed by atoms with Crippen LogP contribution in [0.15, 0.2) is 42.0 Å². The number of hydrogen-bond acceptors (Lipinski definition) is 5. The van der Waals surface area contributed by atoms with Crippen molar-refractivity contribution in [3.63, 3.8) is 0 Å². The fourth-order valence-electron chi connectivity index (χ4n) is 4.75. The average Bonchev–Trinajstić information content (AvgIpc) is 3.37. The van der Waals surface area contributed by atoms with Crippen LogP contribution in [0.2, 0.25) is 0 Å². The first-order valence-corrected chi connectivity index (χ1v) is 11.9. The van der Waals surface area contributed by atoms with Gasteiger partial charge in [0.05, 0.1) is 37.4 Å². The van der Waals surface area contributed by atoms with Crippen LogP contribution in [0.5, 0.6) is 5.75 Å². The number of likely N-dealkylation sites (tertiary alicyclic amines) is 1. The van der Waals surface area contributed by atoms with Crippen molar-refractivity contribution in [1.29, 1.82) is 5.26 Å². The molecule has 4 rings (SSSR count).